The molecule has 0 aromatic rings. The molecule has 3 heterocycles. The molecule has 3 saturated heterocycles. The van der Waals surface area contributed by atoms with E-state index in [1.165, 1.54) is 4.90 Å². The molecule has 1 spiro atoms. The van der Waals surface area contributed by atoms with Crippen LogP contribution in [0.2, 0.25) is 0 Å². The minimum atomic E-state index is -1.16. The maximum atomic E-state index is 13.8. The van der Waals surface area contributed by atoms with E-state index in [1.54, 1.807) is 17.9 Å². The summed E-state index contributed by atoms with van der Waals surface area (Å²) >= 11 is 0. The third kappa shape index (κ3) is 3.07. The van der Waals surface area contributed by atoms with Gasteiger partial charge in [0.15, 0.2) is 0 Å². The summed E-state index contributed by atoms with van der Waals surface area (Å²) in [5.41, 5.74) is -2.09. The van der Waals surface area contributed by atoms with E-state index in [0.29, 0.717) is 32.4 Å². The number of carboxylic acids is 1. The number of aliphatic hydroxyl groups is 1. The Morgan fingerprint density at radius 3 is 2.63 bits per heavy atom. The zero-order valence-electron chi connectivity index (χ0n) is 18.2. The minimum absolute atomic E-state index is 0.252. The van der Waals surface area contributed by atoms with Crippen molar-refractivity contribution in [2.45, 2.75) is 76.2 Å². The molecule has 8 heteroatoms. The van der Waals surface area contributed by atoms with E-state index in [0.717, 1.165) is 12.8 Å². The SMILES string of the molecule is C=CCN(CCCC)C(=O)C1N([C@H](C)CO)C(=O)[C@@H]2[C@H](C(=O)O)[C@]3(CC)CCC12O3. The van der Waals surface area contributed by atoms with Crippen LogP contribution in [0.1, 0.15) is 52.9 Å². The Hall–Kier alpha value is -1.93. The Labute approximate surface area is 177 Å². The number of ether oxygens (including phenoxy) is 1. The van der Waals surface area contributed by atoms with Crippen molar-refractivity contribution in [3.8, 4) is 0 Å². The molecule has 2 bridgehead atoms. The second-order valence-corrected chi connectivity index (χ2v) is 8.88. The maximum Gasteiger partial charge on any atom is 0.310 e. The van der Waals surface area contributed by atoms with Crippen molar-refractivity contribution in [2.24, 2.45) is 11.8 Å². The number of nitrogens with zero attached hydrogens (tertiary/aromatic N) is 2. The zero-order chi connectivity index (χ0) is 22.3. The third-order valence-corrected chi connectivity index (χ3v) is 7.30. The van der Waals surface area contributed by atoms with Crippen LogP contribution >= 0.6 is 0 Å². The summed E-state index contributed by atoms with van der Waals surface area (Å²) in [5, 5.41) is 19.8. The van der Waals surface area contributed by atoms with E-state index in [9.17, 15) is 24.6 Å². The van der Waals surface area contributed by atoms with Crippen LogP contribution in [0.15, 0.2) is 12.7 Å². The molecule has 168 valence electrons. The molecule has 3 aliphatic rings. The van der Waals surface area contributed by atoms with Crippen molar-refractivity contribution in [3.63, 3.8) is 0 Å². The normalized spacial score (nSPS) is 35.4. The number of aliphatic carboxylic acids is 1. The lowest BCUT2D eigenvalue weighted by atomic mass is 9.65. The summed E-state index contributed by atoms with van der Waals surface area (Å²) < 4.78 is 6.46. The molecular weight excluding hydrogens is 388 g/mol. The largest absolute Gasteiger partial charge is 0.481 e. The lowest BCUT2D eigenvalue weighted by molar-refractivity contribution is -0.159. The summed E-state index contributed by atoms with van der Waals surface area (Å²) in [6.07, 6.45) is 4.81. The summed E-state index contributed by atoms with van der Waals surface area (Å²) in [7, 11) is 0. The first-order valence-electron chi connectivity index (χ1n) is 11.0. The van der Waals surface area contributed by atoms with Crippen molar-refractivity contribution >= 4 is 17.8 Å². The van der Waals surface area contributed by atoms with E-state index in [2.05, 4.69) is 6.58 Å². The van der Waals surface area contributed by atoms with E-state index in [1.807, 2.05) is 13.8 Å². The highest BCUT2D eigenvalue weighted by atomic mass is 16.5. The number of hydrogen-bond donors (Lipinski definition) is 2. The number of carboxylic acid groups (broad SMARTS) is 1. The Morgan fingerprint density at radius 1 is 1.40 bits per heavy atom. The van der Waals surface area contributed by atoms with Gasteiger partial charge in [-0.15, -0.1) is 6.58 Å². The first-order valence-corrected chi connectivity index (χ1v) is 11.0. The fourth-order valence-corrected chi connectivity index (χ4v) is 5.84. The summed E-state index contributed by atoms with van der Waals surface area (Å²) in [6.45, 7) is 9.89. The summed E-state index contributed by atoms with van der Waals surface area (Å²) in [5.74, 6) is -3.61. The van der Waals surface area contributed by atoms with Gasteiger partial charge in [0.25, 0.3) is 0 Å². The van der Waals surface area contributed by atoms with Gasteiger partial charge in [0.05, 0.1) is 24.2 Å². The first-order chi connectivity index (χ1) is 14.2. The number of fused-ring (bicyclic) bond motifs is 1. The van der Waals surface area contributed by atoms with Crippen LogP contribution in [-0.2, 0) is 19.1 Å². The van der Waals surface area contributed by atoms with Crippen molar-refractivity contribution in [3.05, 3.63) is 12.7 Å². The molecule has 3 rings (SSSR count). The Balaban J connectivity index is 2.09. The lowest BCUT2D eigenvalue weighted by Gasteiger charge is -2.38. The van der Waals surface area contributed by atoms with E-state index in [4.69, 9.17) is 4.74 Å². The van der Waals surface area contributed by atoms with Crippen molar-refractivity contribution < 1.29 is 29.3 Å². The average Bonchev–Trinajstić information content (AvgIpc) is 3.33. The smallest absolute Gasteiger partial charge is 0.310 e. The van der Waals surface area contributed by atoms with Gasteiger partial charge < -0.3 is 24.7 Å². The second-order valence-electron chi connectivity index (χ2n) is 8.88. The van der Waals surface area contributed by atoms with Crippen LogP contribution < -0.4 is 0 Å². The highest BCUT2D eigenvalue weighted by Gasteiger charge is 2.79. The van der Waals surface area contributed by atoms with Crippen LogP contribution in [0.3, 0.4) is 0 Å². The highest BCUT2D eigenvalue weighted by molar-refractivity contribution is 5.98. The van der Waals surface area contributed by atoms with Gasteiger partial charge in [-0.1, -0.05) is 26.3 Å². The van der Waals surface area contributed by atoms with Crippen molar-refractivity contribution in [1.29, 1.82) is 0 Å². The zero-order valence-corrected chi connectivity index (χ0v) is 18.2. The number of carbonyl (C=O) groups is 3. The number of hydrogen-bond acceptors (Lipinski definition) is 5. The Bertz CT molecular complexity index is 726. The third-order valence-electron chi connectivity index (χ3n) is 7.30. The molecule has 8 nitrogen and oxygen atoms in total. The Kier molecular flexibility index (Phi) is 6.30. The first kappa shape index (κ1) is 22.7. The predicted octanol–water partition coefficient (Wildman–Crippen LogP) is 1.42. The monoisotopic (exact) mass is 422 g/mol. The van der Waals surface area contributed by atoms with Gasteiger partial charge in [-0.05, 0) is 32.6 Å². The average molecular weight is 423 g/mol. The summed E-state index contributed by atoms with van der Waals surface area (Å²) in [6, 6.07) is -1.55. The van der Waals surface area contributed by atoms with Gasteiger partial charge >= 0.3 is 5.97 Å². The molecule has 0 saturated carbocycles. The number of aliphatic hydroxyl groups excluding tert-OH is 1. The number of rotatable bonds is 10. The van der Waals surface area contributed by atoms with E-state index in [-0.39, 0.29) is 12.5 Å². The standard InChI is InChI=1S/C22H34N2O6/c1-5-8-12-23(11-6-2)19(27)17-22-10-9-21(7-3,30-22)16(20(28)29)15(22)18(26)24(17)14(4)13-25/h6,14-17,25H,2,5,7-13H2,1,3-4H3,(H,28,29)/t14-,15+,16-,17?,21+,22?/m1/s1. The molecule has 2 amide bonds. The number of unbranched alkanes of at least 4 members (excludes halogenated alkanes) is 1. The van der Waals surface area contributed by atoms with Gasteiger partial charge in [-0.2, -0.15) is 0 Å². The molecule has 3 aliphatic heterocycles. The molecule has 0 aromatic heterocycles. The molecule has 6 atom stereocenters. The van der Waals surface area contributed by atoms with Crippen molar-refractivity contribution in [1.82, 2.24) is 9.80 Å². The van der Waals surface area contributed by atoms with Crippen LogP contribution in [0.25, 0.3) is 0 Å². The topological polar surface area (TPSA) is 107 Å². The molecule has 2 N–H and O–H groups in total. The van der Waals surface area contributed by atoms with Crippen LogP contribution in [0, 0.1) is 11.8 Å². The number of amides is 2. The number of likely N-dealkylation sites (tertiary alicyclic amines) is 1. The molecule has 2 unspecified atom stereocenters. The molecule has 3 fully saturated rings. The van der Waals surface area contributed by atoms with E-state index >= 15 is 0 Å². The van der Waals surface area contributed by atoms with E-state index < -0.39 is 47.0 Å². The number of carbonyl (C=O) groups excluding carboxylic acids is 2. The highest BCUT2D eigenvalue weighted by Crippen LogP contribution is 2.64. The van der Waals surface area contributed by atoms with Gasteiger partial charge in [-0.3, -0.25) is 14.4 Å². The maximum absolute atomic E-state index is 13.8. The molecule has 0 radical (unpaired) electrons. The molecule has 0 aromatic carbocycles. The van der Waals surface area contributed by atoms with Gasteiger partial charge in [0, 0.05) is 13.1 Å². The fraction of sp³-hybridized carbons (Fsp3) is 0.773. The minimum Gasteiger partial charge on any atom is -0.481 e. The van der Waals surface area contributed by atoms with Crippen molar-refractivity contribution in [2.75, 3.05) is 19.7 Å². The van der Waals surface area contributed by atoms with Crippen LogP contribution in [-0.4, -0.2) is 80.8 Å². The molecule has 30 heavy (non-hydrogen) atoms. The summed E-state index contributed by atoms with van der Waals surface area (Å²) in [4.78, 5) is 42.6. The van der Waals surface area contributed by atoms with Gasteiger partial charge in [-0.25, -0.2) is 0 Å². The van der Waals surface area contributed by atoms with Crippen LogP contribution in [0.5, 0.6) is 0 Å². The fourth-order valence-electron chi connectivity index (χ4n) is 5.84. The Morgan fingerprint density at radius 2 is 2.10 bits per heavy atom. The quantitative estimate of drug-likeness (QED) is 0.516. The van der Waals surface area contributed by atoms with Gasteiger partial charge in [0.1, 0.15) is 17.6 Å². The second kappa shape index (κ2) is 8.30. The van der Waals surface area contributed by atoms with Crippen LogP contribution in [0.4, 0.5) is 0 Å². The van der Waals surface area contributed by atoms with Gasteiger partial charge in [0.2, 0.25) is 11.8 Å². The molecular formula is C22H34N2O6. The molecule has 0 aliphatic carbocycles. The lowest BCUT2D eigenvalue weighted by Crippen LogP contribution is -2.58. The predicted molar refractivity (Wildman–Crippen MR) is 110 cm³/mol.